The molecule has 0 aromatic heterocycles. The first-order chi connectivity index (χ1) is 10.3. The summed E-state index contributed by atoms with van der Waals surface area (Å²) >= 11 is 0. The van der Waals surface area contributed by atoms with Crippen LogP contribution in [0.5, 0.6) is 0 Å². The van der Waals surface area contributed by atoms with E-state index in [4.69, 9.17) is 4.74 Å². The fourth-order valence-corrected chi connectivity index (χ4v) is 2.53. The molecule has 0 saturated heterocycles. The van der Waals surface area contributed by atoms with Gasteiger partial charge in [-0.25, -0.2) is 4.79 Å². The Balaban J connectivity index is 1.88. The van der Waals surface area contributed by atoms with Crippen molar-refractivity contribution in [2.24, 2.45) is 0 Å². The highest BCUT2D eigenvalue weighted by atomic mass is 16.6. The molecule has 4 heteroatoms. The van der Waals surface area contributed by atoms with E-state index in [2.05, 4.69) is 5.32 Å². The lowest BCUT2D eigenvalue weighted by Gasteiger charge is -2.19. The Labute approximate surface area is 129 Å². The molecule has 1 amide bonds. The van der Waals surface area contributed by atoms with Crippen LogP contribution in [-0.4, -0.2) is 17.5 Å². The van der Waals surface area contributed by atoms with Crippen molar-refractivity contribution in [3.63, 3.8) is 0 Å². The van der Waals surface area contributed by atoms with E-state index in [1.807, 2.05) is 30.3 Å². The smallest absolute Gasteiger partial charge is 0.412 e. The fraction of sp³-hybridized carbons (Fsp3) is 0.222. The number of ketones is 1. The van der Waals surface area contributed by atoms with Crippen LogP contribution < -0.4 is 5.32 Å². The van der Waals surface area contributed by atoms with E-state index in [9.17, 15) is 9.59 Å². The number of amides is 1. The first-order valence-corrected chi connectivity index (χ1v) is 7.13. The standard InChI is InChI=1S/C18H17NO3/c1-18(2,3)22-17(21)19-11-8-9-13-12-6-4-5-7-14(12)16(20)15(13)10-11/h4-10H,1-3H3,(H,19,21). The van der Waals surface area contributed by atoms with Crippen molar-refractivity contribution in [1.82, 2.24) is 0 Å². The lowest BCUT2D eigenvalue weighted by Crippen LogP contribution is -2.27. The molecule has 0 atom stereocenters. The second kappa shape index (κ2) is 4.98. The van der Waals surface area contributed by atoms with Gasteiger partial charge in [0.05, 0.1) is 0 Å². The Morgan fingerprint density at radius 1 is 0.955 bits per heavy atom. The maximum atomic E-state index is 12.4. The predicted octanol–water partition coefficient (Wildman–Crippen LogP) is 4.25. The SMILES string of the molecule is CC(C)(C)OC(=O)Nc1ccc2c(c1)C(=O)c1ccccc1-2. The van der Waals surface area contributed by atoms with E-state index in [-0.39, 0.29) is 5.78 Å². The number of hydrogen-bond donors (Lipinski definition) is 1. The van der Waals surface area contributed by atoms with Crippen LogP contribution in [0.2, 0.25) is 0 Å². The quantitative estimate of drug-likeness (QED) is 0.730. The second-order valence-corrected chi connectivity index (χ2v) is 6.26. The molecule has 112 valence electrons. The molecular formula is C18H17NO3. The topological polar surface area (TPSA) is 55.4 Å². The number of fused-ring (bicyclic) bond motifs is 3. The average Bonchev–Trinajstić information content (AvgIpc) is 2.71. The van der Waals surface area contributed by atoms with E-state index < -0.39 is 11.7 Å². The molecule has 2 aromatic rings. The molecule has 0 heterocycles. The third-order valence-electron chi connectivity index (χ3n) is 3.37. The highest BCUT2D eigenvalue weighted by Gasteiger charge is 2.26. The van der Waals surface area contributed by atoms with Crippen LogP contribution in [0.3, 0.4) is 0 Å². The highest BCUT2D eigenvalue weighted by molar-refractivity contribution is 6.22. The molecule has 0 aliphatic heterocycles. The predicted molar refractivity (Wildman–Crippen MR) is 85.2 cm³/mol. The number of hydrogen-bond acceptors (Lipinski definition) is 3. The van der Waals surface area contributed by atoms with E-state index in [1.54, 1.807) is 32.9 Å². The van der Waals surface area contributed by atoms with Crippen molar-refractivity contribution in [3.05, 3.63) is 53.6 Å². The molecular weight excluding hydrogens is 278 g/mol. The molecule has 0 unspecified atom stereocenters. The van der Waals surface area contributed by atoms with Gasteiger partial charge in [-0.05, 0) is 44.0 Å². The lowest BCUT2D eigenvalue weighted by molar-refractivity contribution is 0.0635. The normalized spacial score (nSPS) is 12.6. The van der Waals surface area contributed by atoms with Gasteiger partial charge in [-0.3, -0.25) is 10.1 Å². The Morgan fingerprint density at radius 3 is 2.27 bits per heavy atom. The zero-order valence-corrected chi connectivity index (χ0v) is 12.8. The van der Waals surface area contributed by atoms with Crippen LogP contribution in [0.25, 0.3) is 11.1 Å². The molecule has 1 aliphatic rings. The molecule has 3 rings (SSSR count). The minimum Gasteiger partial charge on any atom is -0.444 e. The largest absolute Gasteiger partial charge is 0.444 e. The Bertz CT molecular complexity index is 772. The number of anilines is 1. The van der Waals surface area contributed by atoms with Crippen molar-refractivity contribution < 1.29 is 14.3 Å². The molecule has 0 saturated carbocycles. The molecule has 1 aliphatic carbocycles. The van der Waals surface area contributed by atoms with Crippen LogP contribution in [0.1, 0.15) is 36.7 Å². The second-order valence-electron chi connectivity index (χ2n) is 6.26. The summed E-state index contributed by atoms with van der Waals surface area (Å²) in [5.74, 6) is -0.0153. The number of carbonyl (C=O) groups excluding carboxylic acids is 2. The summed E-state index contributed by atoms with van der Waals surface area (Å²) in [6, 6.07) is 12.8. The zero-order chi connectivity index (χ0) is 15.9. The molecule has 22 heavy (non-hydrogen) atoms. The molecule has 2 aromatic carbocycles. The first-order valence-electron chi connectivity index (χ1n) is 7.13. The van der Waals surface area contributed by atoms with Crippen molar-refractivity contribution in [2.75, 3.05) is 5.32 Å². The van der Waals surface area contributed by atoms with Gasteiger partial charge in [-0.2, -0.15) is 0 Å². The summed E-state index contributed by atoms with van der Waals surface area (Å²) in [6.45, 7) is 5.40. The Kier molecular flexibility index (Phi) is 3.24. The number of benzene rings is 2. The molecule has 0 bridgehead atoms. The van der Waals surface area contributed by atoms with Gasteiger partial charge in [-0.15, -0.1) is 0 Å². The van der Waals surface area contributed by atoms with E-state index in [1.165, 1.54) is 0 Å². The highest BCUT2D eigenvalue weighted by Crippen LogP contribution is 2.37. The maximum absolute atomic E-state index is 12.4. The number of ether oxygens (including phenoxy) is 1. The molecule has 1 N–H and O–H groups in total. The van der Waals surface area contributed by atoms with Crippen molar-refractivity contribution >= 4 is 17.6 Å². The number of nitrogens with one attached hydrogen (secondary N) is 1. The first kappa shape index (κ1) is 14.3. The van der Waals surface area contributed by atoms with Crippen LogP contribution in [-0.2, 0) is 4.74 Å². The van der Waals surface area contributed by atoms with Gasteiger partial charge in [0.1, 0.15) is 5.60 Å². The third-order valence-corrected chi connectivity index (χ3v) is 3.37. The van der Waals surface area contributed by atoms with E-state index in [0.717, 1.165) is 11.1 Å². The van der Waals surface area contributed by atoms with Crippen molar-refractivity contribution in [1.29, 1.82) is 0 Å². The van der Waals surface area contributed by atoms with Crippen molar-refractivity contribution in [2.45, 2.75) is 26.4 Å². The van der Waals surface area contributed by atoms with Crippen LogP contribution >= 0.6 is 0 Å². The van der Waals surface area contributed by atoms with Crippen LogP contribution in [0.15, 0.2) is 42.5 Å². The molecule has 0 spiro atoms. The summed E-state index contributed by atoms with van der Waals surface area (Å²) in [5.41, 5.74) is 3.13. The fourth-order valence-electron chi connectivity index (χ4n) is 2.53. The monoisotopic (exact) mass is 295 g/mol. The van der Waals surface area contributed by atoms with Crippen LogP contribution in [0.4, 0.5) is 10.5 Å². The summed E-state index contributed by atoms with van der Waals surface area (Å²) in [5, 5.41) is 2.66. The summed E-state index contributed by atoms with van der Waals surface area (Å²) in [4.78, 5) is 24.2. The van der Waals surface area contributed by atoms with Gasteiger partial charge in [0.2, 0.25) is 0 Å². The molecule has 0 radical (unpaired) electrons. The minimum atomic E-state index is -0.563. The number of carbonyl (C=O) groups is 2. The summed E-state index contributed by atoms with van der Waals surface area (Å²) in [6.07, 6.45) is -0.532. The Morgan fingerprint density at radius 2 is 1.59 bits per heavy atom. The van der Waals surface area contributed by atoms with Gasteiger partial charge in [0.15, 0.2) is 5.78 Å². The van der Waals surface area contributed by atoms with Crippen molar-refractivity contribution in [3.8, 4) is 11.1 Å². The molecule has 0 fully saturated rings. The maximum Gasteiger partial charge on any atom is 0.412 e. The summed E-state index contributed by atoms with van der Waals surface area (Å²) < 4.78 is 5.21. The van der Waals surface area contributed by atoms with Gasteiger partial charge in [-0.1, -0.05) is 30.3 Å². The summed E-state index contributed by atoms with van der Waals surface area (Å²) in [7, 11) is 0. The van der Waals surface area contributed by atoms with Gasteiger partial charge in [0.25, 0.3) is 0 Å². The van der Waals surface area contributed by atoms with E-state index >= 15 is 0 Å². The van der Waals surface area contributed by atoms with Gasteiger partial charge >= 0.3 is 6.09 Å². The third kappa shape index (κ3) is 2.60. The lowest BCUT2D eigenvalue weighted by atomic mass is 10.1. The number of rotatable bonds is 1. The van der Waals surface area contributed by atoms with Gasteiger partial charge in [0, 0.05) is 16.8 Å². The van der Waals surface area contributed by atoms with E-state index in [0.29, 0.717) is 16.8 Å². The van der Waals surface area contributed by atoms with Crippen LogP contribution in [0, 0.1) is 0 Å². The average molecular weight is 295 g/mol. The Hall–Kier alpha value is -2.62. The minimum absolute atomic E-state index is 0.0153. The van der Waals surface area contributed by atoms with Gasteiger partial charge < -0.3 is 4.74 Å². The zero-order valence-electron chi connectivity index (χ0n) is 12.8. The molecule has 4 nitrogen and oxygen atoms in total.